The van der Waals surface area contributed by atoms with Gasteiger partial charge < -0.3 is 4.42 Å². The zero-order valence-electron chi connectivity index (χ0n) is 19.7. The molecule has 0 fully saturated rings. The second-order valence-electron chi connectivity index (χ2n) is 9.28. The maximum Gasteiger partial charge on any atom is 0.272 e. The average molecular weight is 425 g/mol. The average Bonchev–Trinajstić information content (AvgIpc) is 3.32. The lowest BCUT2D eigenvalue weighted by molar-refractivity contribution is -0.585. The Morgan fingerprint density at radius 3 is 2.34 bits per heavy atom. The number of fused-ring (bicyclic) bond motifs is 3. The van der Waals surface area contributed by atoms with Crippen molar-refractivity contribution in [1.82, 2.24) is 9.78 Å². The first-order chi connectivity index (χ1) is 15.4. The SMILES string of the molecule is Cc1ccccc1-c1n(C)nc[n+]1-c1c(C(C)C)cc2c(oc3ccccc32)c1C(C)C. The van der Waals surface area contributed by atoms with Gasteiger partial charge in [0, 0.05) is 21.4 Å². The minimum absolute atomic E-state index is 0.282. The first-order valence-electron chi connectivity index (χ1n) is 11.4. The number of aromatic nitrogens is 3. The summed E-state index contributed by atoms with van der Waals surface area (Å²) >= 11 is 0. The second kappa shape index (κ2) is 7.63. The van der Waals surface area contributed by atoms with Crippen LogP contribution >= 0.6 is 0 Å². The number of hydrogen-bond acceptors (Lipinski definition) is 2. The van der Waals surface area contributed by atoms with Gasteiger partial charge in [-0.2, -0.15) is 4.57 Å². The molecule has 5 rings (SSSR count). The van der Waals surface area contributed by atoms with Crippen LogP contribution in [0, 0.1) is 6.92 Å². The van der Waals surface area contributed by atoms with Gasteiger partial charge in [-0.3, -0.25) is 0 Å². The van der Waals surface area contributed by atoms with Gasteiger partial charge in [0.15, 0.2) is 0 Å². The summed E-state index contributed by atoms with van der Waals surface area (Å²) in [5, 5.41) is 7.05. The highest BCUT2D eigenvalue weighted by Crippen LogP contribution is 2.40. The normalized spacial score (nSPS) is 12.0. The van der Waals surface area contributed by atoms with Crippen LogP contribution in [0.25, 0.3) is 39.0 Å². The lowest BCUT2D eigenvalue weighted by atomic mass is 9.89. The summed E-state index contributed by atoms with van der Waals surface area (Å²) in [6.45, 7) is 11.2. The van der Waals surface area contributed by atoms with E-state index in [1.54, 1.807) is 0 Å². The van der Waals surface area contributed by atoms with E-state index in [1.807, 2.05) is 24.1 Å². The van der Waals surface area contributed by atoms with Gasteiger partial charge in [-0.15, -0.1) is 4.68 Å². The van der Waals surface area contributed by atoms with Crippen molar-refractivity contribution in [1.29, 1.82) is 0 Å². The highest BCUT2D eigenvalue weighted by molar-refractivity contribution is 6.07. The Morgan fingerprint density at radius 2 is 1.62 bits per heavy atom. The van der Waals surface area contributed by atoms with Crippen molar-refractivity contribution >= 4 is 21.9 Å². The minimum Gasteiger partial charge on any atom is -0.456 e. The molecule has 0 aliphatic rings. The Kier molecular flexibility index (Phi) is 4.89. The van der Waals surface area contributed by atoms with Crippen LogP contribution in [-0.2, 0) is 7.05 Å². The molecule has 0 amide bonds. The summed E-state index contributed by atoms with van der Waals surface area (Å²) in [7, 11) is 2.02. The highest BCUT2D eigenvalue weighted by atomic mass is 16.3. The van der Waals surface area contributed by atoms with Crippen LogP contribution in [0.4, 0.5) is 0 Å². The first-order valence-corrected chi connectivity index (χ1v) is 11.4. The number of nitrogens with zero attached hydrogens (tertiary/aromatic N) is 3. The summed E-state index contributed by atoms with van der Waals surface area (Å²) in [5.41, 5.74) is 8.05. The minimum atomic E-state index is 0.282. The standard InChI is InChI=1S/C28H30N3O/c1-17(2)22-15-23-21-13-9-10-14-24(21)32-27(23)25(18(3)4)26(22)31-16-29-30(6)28(31)20-12-8-7-11-19(20)5/h7-18H,1-6H3/q+1. The fourth-order valence-corrected chi connectivity index (χ4v) is 4.83. The maximum atomic E-state index is 6.48. The summed E-state index contributed by atoms with van der Waals surface area (Å²) < 4.78 is 10.7. The summed E-state index contributed by atoms with van der Waals surface area (Å²) in [4.78, 5) is 0. The topological polar surface area (TPSA) is 34.8 Å². The van der Waals surface area contributed by atoms with Gasteiger partial charge in [-0.25, -0.2) is 0 Å². The largest absolute Gasteiger partial charge is 0.456 e. The zero-order chi connectivity index (χ0) is 22.6. The van der Waals surface area contributed by atoms with Crippen molar-refractivity contribution in [3.05, 3.63) is 77.6 Å². The van der Waals surface area contributed by atoms with Crippen LogP contribution in [-0.4, -0.2) is 9.78 Å². The van der Waals surface area contributed by atoms with Gasteiger partial charge in [0.2, 0.25) is 0 Å². The molecule has 3 aromatic carbocycles. The summed E-state index contributed by atoms with van der Waals surface area (Å²) in [5.74, 6) is 1.70. The quantitative estimate of drug-likeness (QED) is 0.297. The molecule has 0 spiro atoms. The molecule has 32 heavy (non-hydrogen) atoms. The smallest absolute Gasteiger partial charge is 0.272 e. The lowest BCUT2D eigenvalue weighted by Gasteiger charge is -2.19. The molecule has 0 aliphatic heterocycles. The predicted octanol–water partition coefficient (Wildman–Crippen LogP) is 6.82. The van der Waals surface area contributed by atoms with Crippen LogP contribution in [0.1, 0.15) is 56.2 Å². The number of furan rings is 1. The fourth-order valence-electron chi connectivity index (χ4n) is 4.83. The van der Waals surface area contributed by atoms with E-state index in [-0.39, 0.29) is 5.92 Å². The van der Waals surface area contributed by atoms with Crippen molar-refractivity contribution < 1.29 is 8.98 Å². The Hall–Kier alpha value is -3.40. The van der Waals surface area contributed by atoms with E-state index in [4.69, 9.17) is 4.42 Å². The van der Waals surface area contributed by atoms with Crippen LogP contribution in [0.2, 0.25) is 0 Å². The fraction of sp³-hybridized carbons (Fsp3) is 0.286. The molecule has 162 valence electrons. The molecule has 0 saturated heterocycles. The van der Waals surface area contributed by atoms with Crippen LogP contribution in [0.5, 0.6) is 0 Å². The van der Waals surface area contributed by atoms with E-state index < -0.39 is 0 Å². The molecule has 0 saturated carbocycles. The van der Waals surface area contributed by atoms with Crippen molar-refractivity contribution in [2.45, 2.75) is 46.5 Å². The van der Waals surface area contributed by atoms with Gasteiger partial charge in [-0.05, 0) is 48.1 Å². The molecule has 2 aromatic heterocycles. The van der Waals surface area contributed by atoms with Crippen molar-refractivity contribution in [2.24, 2.45) is 7.05 Å². The number of aryl methyl sites for hydroxylation is 2. The van der Waals surface area contributed by atoms with E-state index in [2.05, 4.69) is 92.8 Å². The molecule has 0 radical (unpaired) electrons. The van der Waals surface area contributed by atoms with Gasteiger partial charge in [0.05, 0.1) is 12.6 Å². The monoisotopic (exact) mass is 424 g/mol. The first kappa shape index (κ1) is 20.5. The Morgan fingerprint density at radius 1 is 0.906 bits per heavy atom. The highest BCUT2D eigenvalue weighted by Gasteiger charge is 2.30. The molecule has 0 atom stereocenters. The predicted molar refractivity (Wildman–Crippen MR) is 130 cm³/mol. The van der Waals surface area contributed by atoms with Gasteiger partial charge in [0.1, 0.15) is 16.9 Å². The Balaban J connectivity index is 1.94. The van der Waals surface area contributed by atoms with Gasteiger partial charge in [-0.1, -0.05) is 64.1 Å². The van der Waals surface area contributed by atoms with Crippen molar-refractivity contribution in [3.63, 3.8) is 0 Å². The number of rotatable bonds is 4. The van der Waals surface area contributed by atoms with Gasteiger partial charge >= 0.3 is 0 Å². The molecule has 0 aliphatic carbocycles. The van der Waals surface area contributed by atoms with Crippen LogP contribution < -0.4 is 4.57 Å². The number of benzene rings is 3. The Bertz CT molecular complexity index is 1450. The van der Waals surface area contributed by atoms with E-state index in [0.717, 1.165) is 17.0 Å². The maximum absolute atomic E-state index is 6.48. The third-order valence-electron chi connectivity index (χ3n) is 6.41. The lowest BCUT2D eigenvalue weighted by Crippen LogP contribution is -2.35. The molecule has 4 heteroatoms. The zero-order valence-corrected chi connectivity index (χ0v) is 19.7. The van der Waals surface area contributed by atoms with E-state index >= 15 is 0 Å². The van der Waals surface area contributed by atoms with Gasteiger partial charge in [0.25, 0.3) is 12.2 Å². The molecule has 2 heterocycles. The molecule has 5 aromatic rings. The van der Waals surface area contributed by atoms with E-state index in [9.17, 15) is 0 Å². The molecule has 0 bridgehead atoms. The van der Waals surface area contributed by atoms with E-state index in [1.165, 1.54) is 38.7 Å². The Labute approximate surface area is 189 Å². The van der Waals surface area contributed by atoms with Crippen molar-refractivity contribution in [2.75, 3.05) is 0 Å². The second-order valence-corrected chi connectivity index (χ2v) is 9.28. The molecule has 0 unspecified atom stereocenters. The summed E-state index contributed by atoms with van der Waals surface area (Å²) in [6.07, 6.45) is 1.95. The molecule has 0 N–H and O–H groups in total. The number of hydrogen-bond donors (Lipinski definition) is 0. The van der Waals surface area contributed by atoms with Crippen LogP contribution in [0.3, 0.4) is 0 Å². The third-order valence-corrected chi connectivity index (χ3v) is 6.41. The number of para-hydroxylation sites is 1. The molecule has 4 nitrogen and oxygen atoms in total. The molecular weight excluding hydrogens is 394 g/mol. The van der Waals surface area contributed by atoms with Crippen LogP contribution in [0.15, 0.2) is 65.3 Å². The van der Waals surface area contributed by atoms with E-state index in [0.29, 0.717) is 5.92 Å². The third kappa shape index (κ3) is 3.05. The molecular formula is C28H30N3O+. The van der Waals surface area contributed by atoms with Crippen molar-refractivity contribution in [3.8, 4) is 17.1 Å². The summed E-state index contributed by atoms with van der Waals surface area (Å²) in [6, 6.07) is 19.2.